The monoisotopic (exact) mass is 254 g/mol. The molecule has 0 atom stereocenters. The Labute approximate surface area is 104 Å². The third-order valence-electron chi connectivity index (χ3n) is 2.81. The third-order valence-corrected chi connectivity index (χ3v) is 4.04. The van der Waals surface area contributed by atoms with Crippen molar-refractivity contribution in [3.05, 3.63) is 35.1 Å². The zero-order chi connectivity index (χ0) is 12.3. The number of nitrogens with one attached hydrogen (secondary N) is 1. The maximum absolute atomic E-state index is 13.6. The number of rotatable bonds is 5. The average molecular weight is 254 g/mol. The molecule has 0 aromatic heterocycles. The van der Waals surface area contributed by atoms with Crippen LogP contribution in [0, 0.1) is 11.7 Å². The molecule has 3 nitrogen and oxygen atoms in total. The normalized spacial score (nSPS) is 15.6. The molecule has 1 aromatic rings. The van der Waals surface area contributed by atoms with Crippen molar-refractivity contribution in [1.82, 2.24) is 5.32 Å². The summed E-state index contributed by atoms with van der Waals surface area (Å²) in [7, 11) is 0. The van der Waals surface area contributed by atoms with E-state index in [1.807, 2.05) is 0 Å². The van der Waals surface area contributed by atoms with E-state index in [4.69, 9.17) is 5.73 Å². The number of halogens is 1. The Kier molecular flexibility index (Phi) is 4.02. The van der Waals surface area contributed by atoms with E-state index in [1.165, 1.54) is 6.07 Å². The van der Waals surface area contributed by atoms with Crippen molar-refractivity contribution in [1.29, 1.82) is 0 Å². The molecule has 0 unspecified atom stereocenters. The van der Waals surface area contributed by atoms with Gasteiger partial charge in [-0.2, -0.15) is 11.8 Å². The summed E-state index contributed by atoms with van der Waals surface area (Å²) >= 11 is 1.72. The number of thioether (sulfide) groups is 1. The van der Waals surface area contributed by atoms with Crippen LogP contribution in [0.2, 0.25) is 0 Å². The number of hydrogen-bond acceptors (Lipinski definition) is 3. The van der Waals surface area contributed by atoms with Crippen molar-refractivity contribution in [2.45, 2.75) is 5.75 Å². The molecule has 1 saturated heterocycles. The fourth-order valence-corrected chi connectivity index (χ4v) is 2.76. The van der Waals surface area contributed by atoms with Gasteiger partial charge in [-0.15, -0.1) is 0 Å². The molecular weight excluding hydrogens is 239 g/mol. The number of nitrogens with two attached hydrogens (primary N) is 1. The van der Waals surface area contributed by atoms with Crippen LogP contribution in [-0.2, 0) is 5.75 Å². The molecule has 0 saturated carbocycles. The van der Waals surface area contributed by atoms with Crippen LogP contribution in [0.3, 0.4) is 0 Å². The lowest BCUT2D eigenvalue weighted by Crippen LogP contribution is -2.43. The first kappa shape index (κ1) is 12.4. The first-order chi connectivity index (χ1) is 8.16. The minimum atomic E-state index is -0.594. The Hall–Kier alpha value is -1.07. The molecule has 5 heteroatoms. The van der Waals surface area contributed by atoms with Gasteiger partial charge < -0.3 is 11.1 Å². The zero-order valence-electron chi connectivity index (χ0n) is 9.41. The SMILES string of the molecule is NC(=O)c1ccc(CSCC2CNC2)c(F)c1. The molecule has 1 aliphatic rings. The molecule has 3 N–H and O–H groups in total. The summed E-state index contributed by atoms with van der Waals surface area (Å²) in [6, 6.07) is 4.43. The van der Waals surface area contributed by atoms with E-state index in [2.05, 4.69) is 5.32 Å². The van der Waals surface area contributed by atoms with Gasteiger partial charge in [0.2, 0.25) is 5.91 Å². The van der Waals surface area contributed by atoms with Crippen molar-refractivity contribution in [3.8, 4) is 0 Å². The van der Waals surface area contributed by atoms with Crippen molar-refractivity contribution < 1.29 is 9.18 Å². The summed E-state index contributed by atoms with van der Waals surface area (Å²) in [6.07, 6.45) is 0. The predicted molar refractivity (Wildman–Crippen MR) is 67.4 cm³/mol. The molecule has 0 bridgehead atoms. The molecular formula is C12H15FN2OS. The molecule has 1 heterocycles. The van der Waals surface area contributed by atoms with Gasteiger partial charge in [0.05, 0.1) is 0 Å². The maximum Gasteiger partial charge on any atom is 0.248 e. The van der Waals surface area contributed by atoms with Crippen molar-refractivity contribution in [2.75, 3.05) is 18.8 Å². The Morgan fingerprint density at radius 1 is 1.53 bits per heavy atom. The zero-order valence-corrected chi connectivity index (χ0v) is 10.2. The Bertz CT molecular complexity index is 421. The predicted octanol–water partition coefficient (Wildman–Crippen LogP) is 1.38. The van der Waals surface area contributed by atoms with E-state index in [0.717, 1.165) is 18.8 Å². The second-order valence-corrected chi connectivity index (χ2v) is 5.24. The minimum absolute atomic E-state index is 0.222. The summed E-state index contributed by atoms with van der Waals surface area (Å²) in [4.78, 5) is 10.9. The van der Waals surface area contributed by atoms with E-state index in [0.29, 0.717) is 17.2 Å². The second kappa shape index (κ2) is 5.51. The van der Waals surface area contributed by atoms with Crippen LogP contribution in [0.4, 0.5) is 4.39 Å². The molecule has 1 aliphatic heterocycles. The van der Waals surface area contributed by atoms with Crippen LogP contribution in [0.25, 0.3) is 0 Å². The average Bonchev–Trinajstić information content (AvgIpc) is 2.23. The van der Waals surface area contributed by atoms with Gasteiger partial charge in [0.1, 0.15) is 5.82 Å². The van der Waals surface area contributed by atoms with Gasteiger partial charge in [-0.1, -0.05) is 6.07 Å². The molecule has 92 valence electrons. The minimum Gasteiger partial charge on any atom is -0.366 e. The van der Waals surface area contributed by atoms with Gasteiger partial charge in [0.25, 0.3) is 0 Å². The van der Waals surface area contributed by atoms with Crippen molar-refractivity contribution in [2.24, 2.45) is 11.7 Å². The fraction of sp³-hybridized carbons (Fsp3) is 0.417. The first-order valence-corrected chi connectivity index (χ1v) is 6.69. The van der Waals surface area contributed by atoms with Gasteiger partial charge in [-0.25, -0.2) is 4.39 Å². The molecule has 1 aromatic carbocycles. The Morgan fingerprint density at radius 3 is 2.82 bits per heavy atom. The maximum atomic E-state index is 13.6. The van der Waals surface area contributed by atoms with Crippen LogP contribution >= 0.6 is 11.8 Å². The molecule has 1 amide bonds. The molecule has 0 aliphatic carbocycles. The van der Waals surface area contributed by atoms with Gasteiger partial charge in [-0.3, -0.25) is 4.79 Å². The lowest BCUT2D eigenvalue weighted by molar-refractivity contribution is 0.1000. The number of hydrogen-bond donors (Lipinski definition) is 2. The second-order valence-electron chi connectivity index (χ2n) is 4.21. The molecule has 2 rings (SSSR count). The molecule has 17 heavy (non-hydrogen) atoms. The molecule has 0 radical (unpaired) electrons. The highest BCUT2D eigenvalue weighted by Crippen LogP contribution is 2.20. The summed E-state index contributed by atoms with van der Waals surface area (Å²) in [5, 5.41) is 3.20. The standard InChI is InChI=1S/C12H15FN2OS/c13-11-3-9(12(14)16)1-2-10(11)7-17-6-8-4-15-5-8/h1-3,8,15H,4-7H2,(H2,14,16). The van der Waals surface area contributed by atoms with Crippen LogP contribution in [0.1, 0.15) is 15.9 Å². The smallest absolute Gasteiger partial charge is 0.248 e. The summed E-state index contributed by atoms with van der Waals surface area (Å²) in [6.45, 7) is 2.13. The Balaban J connectivity index is 1.89. The number of carbonyl (C=O) groups excluding carboxylic acids is 1. The van der Waals surface area contributed by atoms with Gasteiger partial charge >= 0.3 is 0 Å². The van der Waals surface area contributed by atoms with Crippen LogP contribution < -0.4 is 11.1 Å². The lowest BCUT2D eigenvalue weighted by Gasteiger charge is -2.26. The van der Waals surface area contributed by atoms with Gasteiger partial charge in [0, 0.05) is 11.3 Å². The summed E-state index contributed by atoms with van der Waals surface area (Å²) in [5.74, 6) is 1.46. The Morgan fingerprint density at radius 2 is 2.29 bits per heavy atom. The van der Waals surface area contributed by atoms with E-state index < -0.39 is 5.91 Å². The van der Waals surface area contributed by atoms with Crippen LogP contribution in [-0.4, -0.2) is 24.7 Å². The van der Waals surface area contributed by atoms with Gasteiger partial charge in [0.15, 0.2) is 0 Å². The quantitative estimate of drug-likeness (QED) is 0.834. The van der Waals surface area contributed by atoms with Crippen LogP contribution in [0.5, 0.6) is 0 Å². The summed E-state index contributed by atoms with van der Waals surface area (Å²) in [5.41, 5.74) is 5.93. The van der Waals surface area contributed by atoms with Crippen molar-refractivity contribution in [3.63, 3.8) is 0 Å². The number of amides is 1. The molecule has 0 spiro atoms. The van der Waals surface area contributed by atoms with Gasteiger partial charge in [-0.05, 0) is 42.5 Å². The highest BCUT2D eigenvalue weighted by Gasteiger charge is 2.16. The van der Waals surface area contributed by atoms with Crippen molar-refractivity contribution >= 4 is 17.7 Å². The topological polar surface area (TPSA) is 55.1 Å². The van der Waals surface area contributed by atoms with Crippen LogP contribution in [0.15, 0.2) is 18.2 Å². The lowest BCUT2D eigenvalue weighted by atomic mass is 10.1. The summed E-state index contributed by atoms with van der Waals surface area (Å²) < 4.78 is 13.6. The first-order valence-electron chi connectivity index (χ1n) is 5.53. The van der Waals surface area contributed by atoms with E-state index in [-0.39, 0.29) is 11.4 Å². The number of primary amides is 1. The van der Waals surface area contributed by atoms with E-state index >= 15 is 0 Å². The molecule has 1 fully saturated rings. The third kappa shape index (κ3) is 3.20. The van der Waals surface area contributed by atoms with E-state index in [9.17, 15) is 9.18 Å². The highest BCUT2D eigenvalue weighted by atomic mass is 32.2. The number of benzene rings is 1. The highest BCUT2D eigenvalue weighted by molar-refractivity contribution is 7.98. The van der Waals surface area contributed by atoms with E-state index in [1.54, 1.807) is 23.9 Å². The largest absolute Gasteiger partial charge is 0.366 e. The fourth-order valence-electron chi connectivity index (χ4n) is 1.62. The number of carbonyl (C=O) groups is 1.